The molecule has 3 heteroatoms. The van der Waals surface area contributed by atoms with Gasteiger partial charge >= 0.3 is 0 Å². The van der Waals surface area contributed by atoms with Crippen molar-refractivity contribution in [2.24, 2.45) is 7.05 Å². The van der Waals surface area contributed by atoms with Crippen molar-refractivity contribution in [2.45, 2.75) is 19.8 Å². The van der Waals surface area contributed by atoms with Gasteiger partial charge in [-0.3, -0.25) is 4.68 Å². The quantitative estimate of drug-likeness (QED) is 0.773. The molecule has 2 aromatic rings. The molecular formula is C13H15FN2. The monoisotopic (exact) mass is 218 g/mol. The second kappa shape index (κ2) is 4.47. The Bertz CT molecular complexity index is 488. The fourth-order valence-electron chi connectivity index (χ4n) is 1.80. The predicted octanol–water partition coefficient (Wildman–Crippen LogP) is 3.18. The summed E-state index contributed by atoms with van der Waals surface area (Å²) in [5.74, 6) is -0.168. The number of rotatable bonds is 3. The minimum atomic E-state index is -0.168. The summed E-state index contributed by atoms with van der Waals surface area (Å²) in [5.41, 5.74) is 2.49. The zero-order chi connectivity index (χ0) is 11.5. The van der Waals surface area contributed by atoms with Crippen molar-refractivity contribution in [1.29, 1.82) is 0 Å². The number of aromatic nitrogens is 2. The number of benzene rings is 1. The molecule has 2 nitrogen and oxygen atoms in total. The van der Waals surface area contributed by atoms with E-state index in [1.165, 1.54) is 0 Å². The summed E-state index contributed by atoms with van der Waals surface area (Å²) < 4.78 is 15.5. The predicted molar refractivity (Wildman–Crippen MR) is 62.6 cm³/mol. The zero-order valence-corrected chi connectivity index (χ0v) is 9.57. The zero-order valence-electron chi connectivity index (χ0n) is 9.57. The molecule has 0 unspecified atom stereocenters. The summed E-state index contributed by atoms with van der Waals surface area (Å²) in [5, 5.41) is 4.04. The maximum absolute atomic E-state index is 13.8. The lowest BCUT2D eigenvalue weighted by Gasteiger charge is -2.03. The van der Waals surface area contributed by atoms with Gasteiger partial charge in [-0.05, 0) is 18.1 Å². The van der Waals surface area contributed by atoms with Crippen molar-refractivity contribution >= 4 is 0 Å². The SMILES string of the molecule is CCCc1ccc(-c2cnn(C)c2)c(F)c1. The van der Waals surface area contributed by atoms with E-state index in [1.54, 1.807) is 16.9 Å². The molecular weight excluding hydrogens is 203 g/mol. The first-order valence-corrected chi connectivity index (χ1v) is 5.48. The van der Waals surface area contributed by atoms with E-state index in [-0.39, 0.29) is 5.82 Å². The van der Waals surface area contributed by atoms with E-state index >= 15 is 0 Å². The van der Waals surface area contributed by atoms with Crippen LogP contribution in [0.3, 0.4) is 0 Å². The Morgan fingerprint density at radius 3 is 2.75 bits per heavy atom. The Morgan fingerprint density at radius 2 is 2.19 bits per heavy atom. The van der Waals surface area contributed by atoms with Crippen LogP contribution in [0.25, 0.3) is 11.1 Å². The number of halogens is 1. The summed E-state index contributed by atoms with van der Waals surface area (Å²) in [6, 6.07) is 5.43. The highest BCUT2D eigenvalue weighted by Crippen LogP contribution is 2.23. The highest BCUT2D eigenvalue weighted by molar-refractivity contribution is 5.62. The Hall–Kier alpha value is -1.64. The lowest BCUT2D eigenvalue weighted by Crippen LogP contribution is -1.88. The lowest BCUT2D eigenvalue weighted by atomic mass is 10.0. The average Bonchev–Trinajstić information content (AvgIpc) is 2.65. The van der Waals surface area contributed by atoms with Crippen LogP contribution in [0.1, 0.15) is 18.9 Å². The fourth-order valence-corrected chi connectivity index (χ4v) is 1.80. The van der Waals surface area contributed by atoms with E-state index < -0.39 is 0 Å². The van der Waals surface area contributed by atoms with Gasteiger partial charge in [-0.25, -0.2) is 4.39 Å². The third kappa shape index (κ3) is 2.13. The fraction of sp³-hybridized carbons (Fsp3) is 0.308. The Balaban J connectivity index is 2.36. The van der Waals surface area contributed by atoms with Crippen molar-refractivity contribution < 1.29 is 4.39 Å². The molecule has 0 bridgehead atoms. The van der Waals surface area contributed by atoms with Crippen molar-refractivity contribution in [1.82, 2.24) is 9.78 Å². The summed E-state index contributed by atoms with van der Waals surface area (Å²) in [4.78, 5) is 0. The van der Waals surface area contributed by atoms with Gasteiger partial charge in [0.2, 0.25) is 0 Å². The van der Waals surface area contributed by atoms with Crippen LogP contribution in [-0.4, -0.2) is 9.78 Å². The molecule has 0 aliphatic rings. The molecule has 84 valence electrons. The van der Waals surface area contributed by atoms with Crippen LogP contribution in [0.15, 0.2) is 30.6 Å². The Kier molecular flexibility index (Phi) is 3.04. The van der Waals surface area contributed by atoms with Crippen molar-refractivity contribution in [2.75, 3.05) is 0 Å². The molecule has 0 amide bonds. The molecule has 1 aromatic heterocycles. The number of hydrogen-bond donors (Lipinski definition) is 0. The van der Waals surface area contributed by atoms with Crippen LogP contribution in [-0.2, 0) is 13.5 Å². The maximum Gasteiger partial charge on any atom is 0.131 e. The first-order valence-electron chi connectivity index (χ1n) is 5.48. The Labute approximate surface area is 94.7 Å². The molecule has 0 aliphatic heterocycles. The summed E-state index contributed by atoms with van der Waals surface area (Å²) in [7, 11) is 1.83. The van der Waals surface area contributed by atoms with Gasteiger partial charge in [0.1, 0.15) is 5.82 Å². The van der Waals surface area contributed by atoms with Gasteiger partial charge in [-0.1, -0.05) is 25.5 Å². The number of hydrogen-bond acceptors (Lipinski definition) is 1. The molecule has 1 aromatic carbocycles. The van der Waals surface area contributed by atoms with Crippen LogP contribution in [0.2, 0.25) is 0 Å². The van der Waals surface area contributed by atoms with Crippen LogP contribution >= 0.6 is 0 Å². The third-order valence-corrected chi connectivity index (χ3v) is 2.59. The Morgan fingerprint density at radius 1 is 1.38 bits per heavy atom. The first-order chi connectivity index (χ1) is 7.70. The van der Waals surface area contributed by atoms with Gasteiger partial charge in [0.25, 0.3) is 0 Å². The lowest BCUT2D eigenvalue weighted by molar-refractivity contribution is 0.628. The van der Waals surface area contributed by atoms with Gasteiger partial charge in [-0.15, -0.1) is 0 Å². The topological polar surface area (TPSA) is 17.8 Å². The van der Waals surface area contributed by atoms with E-state index in [0.29, 0.717) is 5.56 Å². The summed E-state index contributed by atoms with van der Waals surface area (Å²) in [6.45, 7) is 2.09. The van der Waals surface area contributed by atoms with E-state index in [0.717, 1.165) is 24.0 Å². The molecule has 16 heavy (non-hydrogen) atoms. The van der Waals surface area contributed by atoms with Gasteiger partial charge < -0.3 is 0 Å². The van der Waals surface area contributed by atoms with Crippen LogP contribution in [0.4, 0.5) is 4.39 Å². The minimum Gasteiger partial charge on any atom is -0.275 e. The van der Waals surface area contributed by atoms with E-state index in [2.05, 4.69) is 12.0 Å². The minimum absolute atomic E-state index is 0.168. The van der Waals surface area contributed by atoms with Crippen molar-refractivity contribution in [3.8, 4) is 11.1 Å². The normalized spacial score (nSPS) is 10.7. The van der Waals surface area contributed by atoms with Gasteiger partial charge in [0, 0.05) is 24.4 Å². The average molecular weight is 218 g/mol. The second-order valence-corrected chi connectivity index (χ2v) is 3.97. The largest absolute Gasteiger partial charge is 0.275 e. The number of nitrogens with zero attached hydrogens (tertiary/aromatic N) is 2. The molecule has 1 heterocycles. The summed E-state index contributed by atoms with van der Waals surface area (Å²) >= 11 is 0. The van der Waals surface area contributed by atoms with E-state index in [4.69, 9.17) is 0 Å². The van der Waals surface area contributed by atoms with Gasteiger partial charge in [0.15, 0.2) is 0 Å². The smallest absolute Gasteiger partial charge is 0.131 e. The molecule has 0 fully saturated rings. The third-order valence-electron chi connectivity index (χ3n) is 2.59. The van der Waals surface area contributed by atoms with Crippen molar-refractivity contribution in [3.05, 3.63) is 42.0 Å². The molecule has 0 spiro atoms. The molecule has 0 atom stereocenters. The molecule has 0 aliphatic carbocycles. The van der Waals surface area contributed by atoms with Gasteiger partial charge in [0.05, 0.1) is 6.20 Å². The standard InChI is InChI=1S/C13H15FN2/c1-3-4-10-5-6-12(13(14)7-10)11-8-15-16(2)9-11/h5-9H,3-4H2,1-2H3. The number of aryl methyl sites for hydroxylation is 2. The maximum atomic E-state index is 13.8. The van der Waals surface area contributed by atoms with E-state index in [1.807, 2.05) is 25.4 Å². The van der Waals surface area contributed by atoms with Crippen LogP contribution in [0.5, 0.6) is 0 Å². The molecule has 0 radical (unpaired) electrons. The van der Waals surface area contributed by atoms with Crippen LogP contribution < -0.4 is 0 Å². The second-order valence-electron chi connectivity index (χ2n) is 3.97. The molecule has 0 saturated carbocycles. The van der Waals surface area contributed by atoms with E-state index in [9.17, 15) is 4.39 Å². The first kappa shape index (κ1) is 10.9. The molecule has 0 saturated heterocycles. The summed E-state index contributed by atoms with van der Waals surface area (Å²) in [6.07, 6.45) is 5.45. The van der Waals surface area contributed by atoms with Crippen molar-refractivity contribution in [3.63, 3.8) is 0 Å². The van der Waals surface area contributed by atoms with Gasteiger partial charge in [-0.2, -0.15) is 5.10 Å². The highest BCUT2D eigenvalue weighted by Gasteiger charge is 2.07. The molecule has 2 rings (SSSR count). The molecule has 0 N–H and O–H groups in total. The van der Waals surface area contributed by atoms with Crippen LogP contribution in [0, 0.1) is 5.82 Å². The highest BCUT2D eigenvalue weighted by atomic mass is 19.1.